The number of non-ortho nitro benzene ring substituents is 1. The van der Waals surface area contributed by atoms with Crippen molar-refractivity contribution in [3.05, 3.63) is 75.5 Å². The van der Waals surface area contributed by atoms with Gasteiger partial charge in [-0.25, -0.2) is 0 Å². The third-order valence-electron chi connectivity index (χ3n) is 4.85. The van der Waals surface area contributed by atoms with Gasteiger partial charge in [0.05, 0.1) is 30.8 Å². The maximum absolute atomic E-state index is 13.2. The van der Waals surface area contributed by atoms with Gasteiger partial charge in [0.2, 0.25) is 0 Å². The first kappa shape index (κ1) is 21.0. The van der Waals surface area contributed by atoms with Crippen LogP contribution in [0.2, 0.25) is 0 Å². The second kappa shape index (κ2) is 8.75. The second-order valence-corrected chi connectivity index (χ2v) is 6.68. The van der Waals surface area contributed by atoms with Gasteiger partial charge in [-0.1, -0.05) is 18.2 Å². The molecule has 1 aliphatic rings. The monoisotopic (exact) mass is 411 g/mol. The molecule has 0 unspecified atom stereocenters. The molecule has 1 heterocycles. The van der Waals surface area contributed by atoms with Crippen LogP contribution >= 0.6 is 0 Å². The molecule has 30 heavy (non-hydrogen) atoms. The van der Waals surface area contributed by atoms with Crippen LogP contribution in [0, 0.1) is 10.1 Å². The first-order valence-corrected chi connectivity index (χ1v) is 9.18. The fraction of sp³-hybridized carbons (Fsp3) is 0.238. The first-order chi connectivity index (χ1) is 14.4. The summed E-state index contributed by atoms with van der Waals surface area (Å²) in [5, 5.41) is 20.2. The quantitative estimate of drug-likeness (QED) is 0.400. The molecule has 0 aromatic heterocycles. The van der Waals surface area contributed by atoms with E-state index in [-0.39, 0.29) is 36.7 Å². The molecule has 0 aliphatic carbocycles. The molecule has 2 aromatic carbocycles. The zero-order chi connectivity index (χ0) is 21.8. The lowest BCUT2D eigenvalue weighted by atomic mass is 10.0. The summed E-state index contributed by atoms with van der Waals surface area (Å²) in [5.74, 6) is -0.470. The van der Waals surface area contributed by atoms with Gasteiger partial charge in [0.25, 0.3) is 17.5 Å². The molecule has 156 valence electrons. The van der Waals surface area contributed by atoms with Crippen molar-refractivity contribution in [2.75, 3.05) is 27.3 Å². The van der Waals surface area contributed by atoms with Crippen LogP contribution in [0.3, 0.4) is 0 Å². The molecular formula is C21H21N3O6. The summed E-state index contributed by atoms with van der Waals surface area (Å²) in [5.41, 5.74) is 1.21. The number of benzene rings is 2. The molecule has 9 nitrogen and oxygen atoms in total. The van der Waals surface area contributed by atoms with Crippen molar-refractivity contribution < 1.29 is 24.4 Å². The number of aliphatic hydroxyl groups is 1. The Kier molecular flexibility index (Phi) is 6.12. The summed E-state index contributed by atoms with van der Waals surface area (Å²) in [7, 11) is 3.11. The molecule has 0 bridgehead atoms. The third-order valence-corrected chi connectivity index (χ3v) is 4.85. The molecule has 1 aliphatic heterocycles. The maximum atomic E-state index is 13.2. The van der Waals surface area contributed by atoms with Crippen LogP contribution in [-0.4, -0.2) is 59.0 Å². The number of carbonyl (C=O) groups excluding carboxylic acids is 2. The van der Waals surface area contributed by atoms with Gasteiger partial charge in [0.1, 0.15) is 11.4 Å². The lowest BCUT2D eigenvalue weighted by Crippen LogP contribution is -2.34. The lowest BCUT2D eigenvalue weighted by molar-refractivity contribution is -0.384. The highest BCUT2D eigenvalue weighted by molar-refractivity contribution is 6.35. The van der Waals surface area contributed by atoms with E-state index in [2.05, 4.69) is 0 Å². The molecule has 3 rings (SSSR count). The van der Waals surface area contributed by atoms with Gasteiger partial charge in [-0.05, 0) is 23.8 Å². The van der Waals surface area contributed by atoms with Crippen molar-refractivity contribution in [2.24, 2.45) is 0 Å². The Morgan fingerprint density at radius 1 is 1.10 bits per heavy atom. The number of hydrogen-bond donors (Lipinski definition) is 1. The Labute approximate surface area is 172 Å². The standard InChI is InChI=1S/C21H21N3O6/c1-22(11-12-25)19-18(14-7-9-16(10-8-14)24(28)29)20(26)23(21(19)27)13-15-5-3-4-6-17(15)30-2/h3-10,25H,11-13H2,1-2H3. The van der Waals surface area contributed by atoms with E-state index in [1.165, 1.54) is 36.3 Å². The van der Waals surface area contributed by atoms with Gasteiger partial charge in [-0.2, -0.15) is 0 Å². The SMILES string of the molecule is COc1ccccc1CN1C(=O)C(c2ccc([N+](=O)[O-])cc2)=C(N(C)CCO)C1=O. The van der Waals surface area contributed by atoms with E-state index in [9.17, 15) is 24.8 Å². The number of likely N-dealkylation sites (N-methyl/N-ethyl adjacent to an activating group) is 1. The number of hydrogen-bond acceptors (Lipinski definition) is 7. The molecule has 9 heteroatoms. The van der Waals surface area contributed by atoms with Crippen molar-refractivity contribution in [1.82, 2.24) is 9.80 Å². The molecular weight excluding hydrogens is 390 g/mol. The average Bonchev–Trinajstić information content (AvgIpc) is 2.99. The Bertz CT molecular complexity index is 1020. The zero-order valence-corrected chi connectivity index (χ0v) is 16.6. The third kappa shape index (κ3) is 3.87. The minimum atomic E-state index is -0.535. The number of amides is 2. The highest BCUT2D eigenvalue weighted by Gasteiger charge is 2.41. The minimum absolute atomic E-state index is 0.00856. The topological polar surface area (TPSA) is 113 Å². The molecule has 0 saturated carbocycles. The van der Waals surface area contributed by atoms with Gasteiger partial charge in [-0.15, -0.1) is 0 Å². The van der Waals surface area contributed by atoms with Crippen LogP contribution in [-0.2, 0) is 16.1 Å². The smallest absolute Gasteiger partial charge is 0.278 e. The summed E-state index contributed by atoms with van der Waals surface area (Å²) in [6.45, 7) is -0.0521. The molecule has 1 N–H and O–H groups in total. The number of carbonyl (C=O) groups is 2. The van der Waals surface area contributed by atoms with E-state index >= 15 is 0 Å². The van der Waals surface area contributed by atoms with Gasteiger partial charge >= 0.3 is 0 Å². The molecule has 0 atom stereocenters. The Morgan fingerprint density at radius 3 is 2.37 bits per heavy atom. The van der Waals surface area contributed by atoms with Gasteiger partial charge in [-0.3, -0.25) is 24.6 Å². The van der Waals surface area contributed by atoms with E-state index in [1.54, 1.807) is 31.3 Å². The largest absolute Gasteiger partial charge is 0.496 e. The number of aliphatic hydroxyl groups excluding tert-OH is 1. The number of imide groups is 1. The van der Waals surface area contributed by atoms with Crippen LogP contribution in [0.1, 0.15) is 11.1 Å². The van der Waals surface area contributed by atoms with E-state index in [0.29, 0.717) is 16.9 Å². The van der Waals surface area contributed by atoms with E-state index in [1.807, 2.05) is 0 Å². The number of ether oxygens (including phenoxy) is 1. The normalized spacial score (nSPS) is 13.8. The van der Waals surface area contributed by atoms with Crippen LogP contribution in [0.5, 0.6) is 5.75 Å². The number of para-hydroxylation sites is 1. The Balaban J connectivity index is 2.03. The van der Waals surface area contributed by atoms with E-state index in [4.69, 9.17) is 4.74 Å². The number of nitro groups is 1. The van der Waals surface area contributed by atoms with Gasteiger partial charge < -0.3 is 14.7 Å². The van der Waals surface area contributed by atoms with Crippen LogP contribution in [0.15, 0.2) is 54.2 Å². The fourth-order valence-electron chi connectivity index (χ4n) is 3.34. The minimum Gasteiger partial charge on any atom is -0.496 e. The predicted molar refractivity (Wildman–Crippen MR) is 108 cm³/mol. The maximum Gasteiger partial charge on any atom is 0.278 e. The number of methoxy groups -OCH3 is 1. The lowest BCUT2D eigenvalue weighted by Gasteiger charge is -2.21. The summed E-state index contributed by atoms with van der Waals surface area (Å²) >= 11 is 0. The second-order valence-electron chi connectivity index (χ2n) is 6.68. The van der Waals surface area contributed by atoms with Crippen LogP contribution in [0.4, 0.5) is 5.69 Å². The first-order valence-electron chi connectivity index (χ1n) is 9.18. The predicted octanol–water partition coefficient (Wildman–Crippen LogP) is 1.81. The molecule has 2 aromatic rings. The summed E-state index contributed by atoms with van der Waals surface area (Å²) in [6, 6.07) is 12.5. The highest BCUT2D eigenvalue weighted by atomic mass is 16.6. The van der Waals surface area contributed by atoms with Gasteiger partial charge in [0, 0.05) is 31.3 Å². The number of rotatable bonds is 8. The van der Waals surface area contributed by atoms with Crippen molar-refractivity contribution in [1.29, 1.82) is 0 Å². The van der Waals surface area contributed by atoms with Crippen LogP contribution < -0.4 is 4.74 Å². The molecule has 0 spiro atoms. The molecule has 2 amide bonds. The fourth-order valence-corrected chi connectivity index (χ4v) is 3.34. The van der Waals surface area contributed by atoms with Gasteiger partial charge in [0.15, 0.2) is 0 Å². The van der Waals surface area contributed by atoms with Crippen molar-refractivity contribution in [2.45, 2.75) is 6.54 Å². The molecule has 0 saturated heterocycles. The summed E-state index contributed by atoms with van der Waals surface area (Å²) in [6.07, 6.45) is 0. The number of nitrogens with zero attached hydrogens (tertiary/aromatic N) is 3. The van der Waals surface area contributed by atoms with Crippen molar-refractivity contribution >= 4 is 23.1 Å². The molecule has 0 radical (unpaired) electrons. The van der Waals surface area contributed by atoms with Crippen molar-refractivity contribution in [3.8, 4) is 5.75 Å². The Hall–Kier alpha value is -3.72. The average molecular weight is 411 g/mol. The van der Waals surface area contributed by atoms with Crippen molar-refractivity contribution in [3.63, 3.8) is 0 Å². The summed E-state index contributed by atoms with van der Waals surface area (Å²) in [4.78, 5) is 39.4. The Morgan fingerprint density at radius 2 is 1.77 bits per heavy atom. The zero-order valence-electron chi connectivity index (χ0n) is 16.6. The molecule has 0 fully saturated rings. The van der Waals surface area contributed by atoms with E-state index < -0.39 is 16.7 Å². The highest BCUT2D eigenvalue weighted by Crippen LogP contribution is 2.33. The van der Waals surface area contributed by atoms with Crippen LogP contribution in [0.25, 0.3) is 5.57 Å². The summed E-state index contributed by atoms with van der Waals surface area (Å²) < 4.78 is 5.32. The number of nitro benzene ring substituents is 1. The van der Waals surface area contributed by atoms with E-state index in [0.717, 1.165) is 4.90 Å².